The first-order valence-electron chi connectivity index (χ1n) is 3.27. The Hall–Kier alpha value is -1.04. The summed E-state index contributed by atoms with van der Waals surface area (Å²) in [5, 5.41) is 0.606. The summed E-state index contributed by atoms with van der Waals surface area (Å²) < 4.78 is 12.7. The highest BCUT2D eigenvalue weighted by Gasteiger charge is 2.28. The maximum Gasteiger partial charge on any atom is 0.311 e. The lowest BCUT2D eigenvalue weighted by Crippen LogP contribution is -2.27. The zero-order valence-corrected chi connectivity index (χ0v) is 7.05. The SMILES string of the molecule is CSC1=NC(F)=NC2=NC=NC21. The second kappa shape index (κ2) is 2.78. The van der Waals surface area contributed by atoms with Gasteiger partial charge in [0.25, 0.3) is 0 Å². The van der Waals surface area contributed by atoms with Crippen molar-refractivity contribution in [2.24, 2.45) is 20.0 Å². The third-order valence-electron chi connectivity index (χ3n) is 1.50. The summed E-state index contributed by atoms with van der Waals surface area (Å²) in [6.07, 6.45) is 2.47. The lowest BCUT2D eigenvalue weighted by molar-refractivity contribution is 0.788. The second-order valence-corrected chi connectivity index (χ2v) is 3.02. The van der Waals surface area contributed by atoms with Gasteiger partial charge in [0, 0.05) is 0 Å². The van der Waals surface area contributed by atoms with Crippen LogP contribution in [0.15, 0.2) is 20.0 Å². The summed E-state index contributed by atoms with van der Waals surface area (Å²) in [7, 11) is 0. The third-order valence-corrected chi connectivity index (χ3v) is 2.24. The molecular formula is C6H5FN4S. The second-order valence-electron chi connectivity index (χ2n) is 2.19. The average molecular weight is 184 g/mol. The van der Waals surface area contributed by atoms with Gasteiger partial charge in [-0.25, -0.2) is 4.99 Å². The summed E-state index contributed by atoms with van der Waals surface area (Å²) in [5.41, 5.74) is 0. The van der Waals surface area contributed by atoms with Crippen molar-refractivity contribution in [1.82, 2.24) is 0 Å². The molecule has 0 aromatic heterocycles. The minimum atomic E-state index is -0.736. The van der Waals surface area contributed by atoms with Crippen LogP contribution in [0.25, 0.3) is 0 Å². The van der Waals surface area contributed by atoms with Crippen LogP contribution >= 0.6 is 11.8 Å². The molecule has 2 aliphatic heterocycles. The van der Waals surface area contributed by atoms with Crippen molar-refractivity contribution < 1.29 is 4.39 Å². The zero-order valence-electron chi connectivity index (χ0n) is 6.23. The van der Waals surface area contributed by atoms with Gasteiger partial charge in [-0.3, -0.25) is 4.99 Å². The number of aliphatic imine (C=N–C) groups is 4. The first kappa shape index (κ1) is 7.60. The highest BCUT2D eigenvalue weighted by atomic mass is 32.2. The standard InChI is InChI=1S/C6H5FN4S/c1-12-5-3-4(9-2-8-3)10-6(7)11-5/h2-3H,1H3. The number of thioether (sulfide) groups is 1. The van der Waals surface area contributed by atoms with Crippen molar-refractivity contribution in [3.63, 3.8) is 0 Å². The minimum absolute atomic E-state index is 0.264. The lowest BCUT2D eigenvalue weighted by atomic mass is 10.3. The first-order chi connectivity index (χ1) is 5.81. The zero-order chi connectivity index (χ0) is 8.55. The molecule has 0 saturated heterocycles. The quantitative estimate of drug-likeness (QED) is 0.516. The molecule has 0 fully saturated rings. The van der Waals surface area contributed by atoms with E-state index in [0.717, 1.165) is 0 Å². The van der Waals surface area contributed by atoms with Crippen LogP contribution < -0.4 is 0 Å². The smallest absolute Gasteiger partial charge is 0.255 e. The Morgan fingerprint density at radius 3 is 3.08 bits per heavy atom. The number of amidine groups is 2. The number of halogens is 1. The van der Waals surface area contributed by atoms with Crippen molar-refractivity contribution in [2.45, 2.75) is 6.04 Å². The molecule has 6 heteroatoms. The maximum atomic E-state index is 12.7. The van der Waals surface area contributed by atoms with E-state index in [1.54, 1.807) is 0 Å². The molecule has 0 bridgehead atoms. The fraction of sp³-hybridized carbons (Fsp3) is 0.333. The van der Waals surface area contributed by atoms with E-state index in [0.29, 0.717) is 10.9 Å². The highest BCUT2D eigenvalue weighted by Crippen LogP contribution is 2.17. The van der Waals surface area contributed by atoms with Crippen LogP contribution in [-0.4, -0.2) is 35.6 Å². The number of hydrogen-bond acceptors (Lipinski definition) is 5. The van der Waals surface area contributed by atoms with Crippen LogP contribution in [0.4, 0.5) is 4.39 Å². The number of nitrogens with zero attached hydrogens (tertiary/aromatic N) is 4. The molecule has 0 amide bonds. The van der Waals surface area contributed by atoms with Gasteiger partial charge in [-0.15, -0.1) is 11.8 Å². The lowest BCUT2D eigenvalue weighted by Gasteiger charge is -2.11. The molecule has 1 atom stereocenters. The van der Waals surface area contributed by atoms with Gasteiger partial charge in [-0.2, -0.15) is 14.4 Å². The number of fused-ring (bicyclic) bond motifs is 1. The minimum Gasteiger partial charge on any atom is -0.255 e. The molecule has 4 nitrogen and oxygen atoms in total. The molecule has 0 radical (unpaired) electrons. The average Bonchev–Trinajstić information content (AvgIpc) is 2.50. The van der Waals surface area contributed by atoms with Crippen molar-refractivity contribution in [3.05, 3.63) is 0 Å². The van der Waals surface area contributed by atoms with Crippen LogP contribution in [0, 0.1) is 0 Å². The molecule has 62 valence electrons. The van der Waals surface area contributed by atoms with Gasteiger partial charge in [0.15, 0.2) is 11.9 Å². The van der Waals surface area contributed by atoms with Crippen LogP contribution in [-0.2, 0) is 0 Å². The summed E-state index contributed by atoms with van der Waals surface area (Å²) in [6.45, 7) is 0. The van der Waals surface area contributed by atoms with E-state index in [9.17, 15) is 4.39 Å². The first-order valence-corrected chi connectivity index (χ1v) is 4.50. The molecule has 0 saturated carbocycles. The Kier molecular flexibility index (Phi) is 1.76. The predicted molar refractivity (Wildman–Crippen MR) is 49.2 cm³/mol. The highest BCUT2D eigenvalue weighted by molar-refractivity contribution is 8.13. The molecule has 1 unspecified atom stereocenters. The molecular weight excluding hydrogens is 179 g/mol. The van der Waals surface area contributed by atoms with E-state index in [2.05, 4.69) is 20.0 Å². The van der Waals surface area contributed by atoms with E-state index < -0.39 is 6.09 Å². The van der Waals surface area contributed by atoms with Gasteiger partial charge < -0.3 is 0 Å². The molecule has 12 heavy (non-hydrogen) atoms. The fourth-order valence-corrected chi connectivity index (χ4v) is 1.55. The Labute approximate surface area is 72.4 Å². The fourth-order valence-electron chi connectivity index (χ4n) is 0.990. The normalized spacial score (nSPS) is 26.2. The largest absolute Gasteiger partial charge is 0.311 e. The van der Waals surface area contributed by atoms with Gasteiger partial charge in [0.1, 0.15) is 11.4 Å². The Bertz CT molecular complexity index is 330. The van der Waals surface area contributed by atoms with E-state index in [1.165, 1.54) is 18.1 Å². The van der Waals surface area contributed by atoms with E-state index in [1.807, 2.05) is 6.26 Å². The van der Waals surface area contributed by atoms with Crippen LogP contribution in [0.2, 0.25) is 0 Å². The molecule has 2 rings (SSSR count). The van der Waals surface area contributed by atoms with E-state index in [4.69, 9.17) is 0 Å². The third kappa shape index (κ3) is 1.08. The topological polar surface area (TPSA) is 49.4 Å². The molecule has 0 aromatic rings. The van der Waals surface area contributed by atoms with Crippen molar-refractivity contribution in [3.8, 4) is 0 Å². The van der Waals surface area contributed by atoms with Crippen molar-refractivity contribution in [1.29, 1.82) is 0 Å². The van der Waals surface area contributed by atoms with Crippen molar-refractivity contribution >= 4 is 35.1 Å². The molecule has 2 aliphatic rings. The van der Waals surface area contributed by atoms with Crippen LogP contribution in [0.5, 0.6) is 0 Å². The molecule has 0 N–H and O–H groups in total. The molecule has 0 spiro atoms. The van der Waals surface area contributed by atoms with Gasteiger partial charge >= 0.3 is 6.09 Å². The summed E-state index contributed by atoms with van der Waals surface area (Å²) in [4.78, 5) is 14.9. The Balaban J connectivity index is 2.40. The van der Waals surface area contributed by atoms with E-state index in [-0.39, 0.29) is 6.04 Å². The maximum absolute atomic E-state index is 12.7. The Morgan fingerprint density at radius 1 is 1.50 bits per heavy atom. The van der Waals surface area contributed by atoms with Gasteiger partial charge in [0.2, 0.25) is 0 Å². The van der Waals surface area contributed by atoms with Crippen molar-refractivity contribution in [2.75, 3.05) is 6.26 Å². The summed E-state index contributed by atoms with van der Waals surface area (Å²) in [6, 6.07) is -0.264. The van der Waals surface area contributed by atoms with Crippen LogP contribution in [0.3, 0.4) is 0 Å². The summed E-state index contributed by atoms with van der Waals surface area (Å²) >= 11 is 1.36. The summed E-state index contributed by atoms with van der Waals surface area (Å²) in [5.74, 6) is 0.395. The van der Waals surface area contributed by atoms with Gasteiger partial charge in [-0.05, 0) is 6.26 Å². The van der Waals surface area contributed by atoms with Crippen LogP contribution in [0.1, 0.15) is 0 Å². The molecule has 0 aromatic carbocycles. The predicted octanol–water partition coefficient (Wildman–Crippen LogP) is 0.896. The van der Waals surface area contributed by atoms with Gasteiger partial charge in [-0.1, -0.05) is 0 Å². The monoisotopic (exact) mass is 184 g/mol. The molecule has 0 aliphatic carbocycles. The van der Waals surface area contributed by atoms with Gasteiger partial charge in [0.05, 0.1) is 0 Å². The Morgan fingerprint density at radius 2 is 2.33 bits per heavy atom. The number of hydrogen-bond donors (Lipinski definition) is 0. The van der Waals surface area contributed by atoms with E-state index >= 15 is 0 Å². The number of rotatable bonds is 0. The molecule has 2 heterocycles.